The zero-order valence-electron chi connectivity index (χ0n) is 17.5. The van der Waals surface area contributed by atoms with Gasteiger partial charge in [0, 0.05) is 23.7 Å². The molecule has 1 atom stereocenters. The molecular formula is C26H23N2O3. The molecule has 1 aromatic heterocycles. The molecule has 0 N–H and O–H groups in total. The van der Waals surface area contributed by atoms with Crippen LogP contribution in [0.25, 0.3) is 10.9 Å². The number of likely N-dealkylation sites (N-methyl/N-ethyl adjacent to an activating group) is 1. The molecule has 3 aromatic carbocycles. The Morgan fingerprint density at radius 2 is 1.94 bits per heavy atom. The number of anilines is 1. The van der Waals surface area contributed by atoms with Crippen LogP contribution in [0.1, 0.15) is 16.1 Å². The minimum atomic E-state index is -0.0636. The first-order valence-corrected chi connectivity index (χ1v) is 10.3. The van der Waals surface area contributed by atoms with Crippen LogP contribution in [0, 0.1) is 13.0 Å². The molecule has 0 spiro atoms. The molecule has 1 aliphatic rings. The standard InChI is InChI=1S/C26H23N2O3/c1-18-15-20-7-3-4-8-23(20)28(18)26(29)19-11-13-21(14-12-19)30-17-22-16-27(2)24-9-5-6-10-25(24)31-22/h3-6,8-15,22H,16-17H2,1-2H3/t22-/m1/s1. The van der Waals surface area contributed by atoms with Gasteiger partial charge in [-0.3, -0.25) is 9.36 Å². The van der Waals surface area contributed by atoms with Crippen molar-refractivity contribution < 1.29 is 14.3 Å². The molecule has 1 aliphatic heterocycles. The Morgan fingerprint density at radius 1 is 1.13 bits per heavy atom. The average molecular weight is 411 g/mol. The van der Waals surface area contributed by atoms with Gasteiger partial charge in [0.2, 0.25) is 0 Å². The van der Waals surface area contributed by atoms with E-state index in [1.807, 2.05) is 61.5 Å². The number of aryl methyl sites for hydroxylation is 1. The Kier molecular flexibility index (Phi) is 4.86. The number of hydrogen-bond acceptors (Lipinski definition) is 4. The van der Waals surface area contributed by atoms with Crippen molar-refractivity contribution in [1.29, 1.82) is 0 Å². The van der Waals surface area contributed by atoms with Crippen molar-refractivity contribution in [2.24, 2.45) is 0 Å². The maximum Gasteiger partial charge on any atom is 0.262 e. The summed E-state index contributed by atoms with van der Waals surface area (Å²) in [6.45, 7) is 3.12. The molecule has 0 saturated carbocycles. The van der Waals surface area contributed by atoms with Gasteiger partial charge in [-0.05, 0) is 61.5 Å². The third-order valence-corrected chi connectivity index (χ3v) is 5.60. The van der Waals surface area contributed by atoms with E-state index >= 15 is 0 Å². The summed E-state index contributed by atoms with van der Waals surface area (Å²) in [4.78, 5) is 15.3. The summed E-state index contributed by atoms with van der Waals surface area (Å²) < 4.78 is 13.7. The second-order valence-corrected chi connectivity index (χ2v) is 7.82. The van der Waals surface area contributed by atoms with Gasteiger partial charge in [0.15, 0.2) is 0 Å². The largest absolute Gasteiger partial charge is 0.490 e. The van der Waals surface area contributed by atoms with Crippen LogP contribution >= 0.6 is 0 Å². The highest BCUT2D eigenvalue weighted by Gasteiger charge is 2.23. The Labute approximate surface area is 181 Å². The van der Waals surface area contributed by atoms with Gasteiger partial charge in [0.25, 0.3) is 5.91 Å². The molecule has 0 amide bonds. The fourth-order valence-corrected chi connectivity index (χ4v) is 4.08. The quantitative estimate of drug-likeness (QED) is 0.488. The fourth-order valence-electron chi connectivity index (χ4n) is 4.08. The van der Waals surface area contributed by atoms with E-state index < -0.39 is 0 Å². The molecule has 0 fully saturated rings. The van der Waals surface area contributed by atoms with Crippen LogP contribution in [0.5, 0.6) is 11.5 Å². The first kappa shape index (κ1) is 19.2. The summed E-state index contributed by atoms with van der Waals surface area (Å²) in [5, 5.41) is 0.937. The average Bonchev–Trinajstić information content (AvgIpc) is 3.13. The molecule has 155 valence electrons. The minimum absolute atomic E-state index is 0.0625. The van der Waals surface area contributed by atoms with E-state index in [-0.39, 0.29) is 12.0 Å². The number of nitrogens with zero attached hydrogens (tertiary/aromatic N) is 2. The predicted octanol–water partition coefficient (Wildman–Crippen LogP) is 4.71. The van der Waals surface area contributed by atoms with Crippen molar-refractivity contribution in [2.45, 2.75) is 13.0 Å². The fraction of sp³-hybridized carbons (Fsp3) is 0.192. The van der Waals surface area contributed by atoms with Gasteiger partial charge in [0.1, 0.15) is 24.2 Å². The van der Waals surface area contributed by atoms with E-state index in [4.69, 9.17) is 9.47 Å². The van der Waals surface area contributed by atoms with Crippen molar-refractivity contribution in [3.05, 3.63) is 90.1 Å². The molecule has 5 nitrogen and oxygen atoms in total. The number of hydrogen-bond donors (Lipinski definition) is 0. The Morgan fingerprint density at radius 3 is 2.77 bits per heavy atom. The van der Waals surface area contributed by atoms with Crippen LogP contribution in [-0.4, -0.2) is 36.8 Å². The van der Waals surface area contributed by atoms with Gasteiger partial charge in [-0.1, -0.05) is 24.3 Å². The van der Waals surface area contributed by atoms with Crippen molar-refractivity contribution in [2.75, 3.05) is 25.1 Å². The molecule has 0 unspecified atom stereocenters. The molecule has 0 saturated heterocycles. The second kappa shape index (κ2) is 7.84. The number of ether oxygens (including phenoxy) is 2. The highest BCUT2D eigenvalue weighted by molar-refractivity contribution is 6.02. The van der Waals surface area contributed by atoms with Crippen molar-refractivity contribution in [1.82, 2.24) is 4.57 Å². The lowest BCUT2D eigenvalue weighted by molar-refractivity contribution is 0.0963. The van der Waals surface area contributed by atoms with Crippen LogP contribution < -0.4 is 14.4 Å². The predicted molar refractivity (Wildman–Crippen MR) is 121 cm³/mol. The summed E-state index contributed by atoms with van der Waals surface area (Å²) in [5.41, 5.74) is 3.46. The number of carbonyl (C=O) groups excluding carboxylic acids is 1. The van der Waals surface area contributed by atoms with Crippen molar-refractivity contribution in [3.8, 4) is 11.5 Å². The smallest absolute Gasteiger partial charge is 0.262 e. The van der Waals surface area contributed by atoms with Crippen LogP contribution in [0.15, 0.2) is 72.8 Å². The molecule has 1 radical (unpaired) electrons. The van der Waals surface area contributed by atoms with Crippen LogP contribution in [-0.2, 0) is 0 Å². The Hall–Kier alpha value is -3.73. The molecule has 0 bridgehead atoms. The molecule has 31 heavy (non-hydrogen) atoms. The second-order valence-electron chi connectivity index (χ2n) is 7.82. The van der Waals surface area contributed by atoms with Crippen LogP contribution in [0.3, 0.4) is 0 Å². The third kappa shape index (κ3) is 3.63. The van der Waals surface area contributed by atoms with Gasteiger partial charge in [-0.25, -0.2) is 0 Å². The van der Waals surface area contributed by atoms with Crippen LogP contribution in [0.4, 0.5) is 5.69 Å². The van der Waals surface area contributed by atoms with E-state index in [2.05, 4.69) is 24.1 Å². The topological polar surface area (TPSA) is 43.7 Å². The molecule has 5 heteroatoms. The SMILES string of the molecule is Cc1cc2[c]cccc2n1C(=O)c1ccc(OC[C@H]2CN(C)c3ccccc3O2)cc1. The Bertz CT molecular complexity index is 1240. The minimum Gasteiger partial charge on any atom is -0.490 e. The number of aromatic nitrogens is 1. The van der Waals surface area contributed by atoms with Gasteiger partial charge in [-0.15, -0.1) is 0 Å². The summed E-state index contributed by atoms with van der Waals surface area (Å²) in [6, 6.07) is 26.1. The van der Waals surface area contributed by atoms with E-state index in [1.165, 1.54) is 0 Å². The lowest BCUT2D eigenvalue weighted by atomic mass is 10.2. The van der Waals surface area contributed by atoms with Gasteiger partial charge in [0.05, 0.1) is 17.7 Å². The van der Waals surface area contributed by atoms with E-state index in [0.717, 1.165) is 34.6 Å². The lowest BCUT2D eigenvalue weighted by Crippen LogP contribution is -2.41. The first-order chi connectivity index (χ1) is 15.1. The molecular weight excluding hydrogens is 388 g/mol. The van der Waals surface area contributed by atoms with Gasteiger partial charge >= 0.3 is 0 Å². The maximum atomic E-state index is 13.1. The molecule has 0 aliphatic carbocycles. The first-order valence-electron chi connectivity index (χ1n) is 10.3. The van der Waals surface area contributed by atoms with Crippen molar-refractivity contribution >= 4 is 22.5 Å². The zero-order valence-corrected chi connectivity index (χ0v) is 17.5. The number of carbonyl (C=O) groups is 1. The normalized spacial score (nSPS) is 15.4. The van der Waals surface area contributed by atoms with Crippen molar-refractivity contribution in [3.63, 3.8) is 0 Å². The highest BCUT2D eigenvalue weighted by Crippen LogP contribution is 2.32. The number of rotatable bonds is 4. The number of benzene rings is 3. The lowest BCUT2D eigenvalue weighted by Gasteiger charge is -2.33. The Balaban J connectivity index is 1.27. The van der Waals surface area contributed by atoms with E-state index in [9.17, 15) is 4.79 Å². The molecule has 5 rings (SSSR count). The highest BCUT2D eigenvalue weighted by atomic mass is 16.5. The summed E-state index contributed by atoms with van der Waals surface area (Å²) in [7, 11) is 2.06. The van der Waals surface area contributed by atoms with Gasteiger partial charge < -0.3 is 14.4 Å². The molecule has 4 aromatic rings. The number of fused-ring (bicyclic) bond motifs is 2. The van der Waals surface area contributed by atoms with E-state index in [0.29, 0.717) is 17.9 Å². The zero-order chi connectivity index (χ0) is 21.4. The van der Waals surface area contributed by atoms with Gasteiger partial charge in [-0.2, -0.15) is 0 Å². The monoisotopic (exact) mass is 411 g/mol. The number of para-hydroxylation sites is 2. The maximum absolute atomic E-state index is 13.1. The molecule has 2 heterocycles. The van der Waals surface area contributed by atoms with Crippen LogP contribution in [0.2, 0.25) is 0 Å². The third-order valence-electron chi connectivity index (χ3n) is 5.60. The van der Waals surface area contributed by atoms with E-state index in [1.54, 1.807) is 16.7 Å². The summed E-state index contributed by atoms with van der Waals surface area (Å²) in [5.74, 6) is 1.52. The summed E-state index contributed by atoms with van der Waals surface area (Å²) in [6.07, 6.45) is -0.0636. The summed E-state index contributed by atoms with van der Waals surface area (Å²) >= 11 is 0.